The van der Waals surface area contributed by atoms with Gasteiger partial charge in [-0.1, -0.05) is 50.8 Å². The van der Waals surface area contributed by atoms with Gasteiger partial charge in [-0.25, -0.2) is 0 Å². The average molecular weight is 243 g/mol. The average Bonchev–Trinajstić information content (AvgIpc) is 2.57. The molecule has 0 radical (unpaired) electrons. The van der Waals surface area contributed by atoms with Crippen molar-refractivity contribution in [3.05, 3.63) is 29.3 Å². The van der Waals surface area contributed by atoms with Crippen LogP contribution < -0.4 is 5.32 Å². The van der Waals surface area contributed by atoms with Gasteiger partial charge in [0.15, 0.2) is 0 Å². The van der Waals surface area contributed by atoms with Crippen molar-refractivity contribution in [2.45, 2.75) is 70.3 Å². The zero-order valence-electron chi connectivity index (χ0n) is 11.8. The lowest BCUT2D eigenvalue weighted by atomic mass is 9.75. The normalized spacial score (nSPS) is 26.2. The lowest BCUT2D eigenvalue weighted by Gasteiger charge is -2.43. The third kappa shape index (κ3) is 2.04. The summed E-state index contributed by atoms with van der Waals surface area (Å²) in [6, 6.07) is 6.76. The van der Waals surface area contributed by atoms with Gasteiger partial charge in [0.05, 0.1) is 0 Å². The number of rotatable bonds is 0. The van der Waals surface area contributed by atoms with E-state index in [2.05, 4.69) is 37.4 Å². The van der Waals surface area contributed by atoms with E-state index in [9.17, 15) is 0 Å². The predicted molar refractivity (Wildman–Crippen MR) is 78.3 cm³/mol. The zero-order valence-corrected chi connectivity index (χ0v) is 11.8. The molecule has 0 amide bonds. The first-order valence-corrected chi connectivity index (χ1v) is 7.58. The fourth-order valence-electron chi connectivity index (χ4n) is 4.02. The molecule has 1 nitrogen and oxygen atoms in total. The van der Waals surface area contributed by atoms with Crippen LogP contribution >= 0.6 is 0 Å². The van der Waals surface area contributed by atoms with Crippen LogP contribution in [-0.2, 0) is 0 Å². The van der Waals surface area contributed by atoms with E-state index in [0.29, 0.717) is 11.5 Å². The van der Waals surface area contributed by atoms with Gasteiger partial charge in [-0.05, 0) is 43.2 Å². The highest BCUT2D eigenvalue weighted by Crippen LogP contribution is 2.45. The number of hydrogen-bond donors (Lipinski definition) is 1. The third-order valence-electron chi connectivity index (χ3n) is 4.98. The molecule has 1 atom stereocenters. The van der Waals surface area contributed by atoms with Crippen LogP contribution in [0.25, 0.3) is 0 Å². The number of fused-ring (bicyclic) bond motifs is 1. The summed E-state index contributed by atoms with van der Waals surface area (Å²) in [7, 11) is 0. The Labute approximate surface area is 111 Å². The van der Waals surface area contributed by atoms with Crippen LogP contribution in [0.1, 0.15) is 68.9 Å². The van der Waals surface area contributed by atoms with Crippen LogP contribution in [0.2, 0.25) is 0 Å². The van der Waals surface area contributed by atoms with Gasteiger partial charge in [-0.2, -0.15) is 0 Å². The smallest absolute Gasteiger partial charge is 0.0409 e. The topological polar surface area (TPSA) is 12.0 Å². The van der Waals surface area contributed by atoms with Crippen molar-refractivity contribution in [1.82, 2.24) is 0 Å². The van der Waals surface area contributed by atoms with E-state index in [4.69, 9.17) is 0 Å². The van der Waals surface area contributed by atoms with E-state index in [1.807, 2.05) is 0 Å². The molecule has 1 aromatic rings. The van der Waals surface area contributed by atoms with Gasteiger partial charge < -0.3 is 5.32 Å². The Morgan fingerprint density at radius 3 is 2.56 bits per heavy atom. The molecule has 18 heavy (non-hydrogen) atoms. The molecule has 1 fully saturated rings. The summed E-state index contributed by atoms with van der Waals surface area (Å²) >= 11 is 0. The molecule has 1 saturated carbocycles. The Kier molecular flexibility index (Phi) is 3.09. The van der Waals surface area contributed by atoms with Crippen LogP contribution in [0, 0.1) is 6.92 Å². The zero-order chi connectivity index (χ0) is 12.6. The Hall–Kier alpha value is -0.980. The van der Waals surface area contributed by atoms with Crippen LogP contribution in [0.15, 0.2) is 18.2 Å². The van der Waals surface area contributed by atoms with Gasteiger partial charge in [0.2, 0.25) is 0 Å². The van der Waals surface area contributed by atoms with E-state index >= 15 is 0 Å². The number of hydrogen-bond acceptors (Lipinski definition) is 1. The van der Waals surface area contributed by atoms with Crippen molar-refractivity contribution in [1.29, 1.82) is 0 Å². The first-order chi connectivity index (χ1) is 8.70. The molecular weight excluding hydrogens is 218 g/mol. The number of anilines is 1. The lowest BCUT2D eigenvalue weighted by Crippen LogP contribution is -2.42. The van der Waals surface area contributed by atoms with E-state index < -0.39 is 0 Å². The monoisotopic (exact) mass is 243 g/mol. The van der Waals surface area contributed by atoms with Gasteiger partial charge in [-0.3, -0.25) is 0 Å². The number of benzene rings is 1. The maximum Gasteiger partial charge on any atom is 0.0409 e. The molecule has 1 heterocycles. The molecular formula is C17H25N. The van der Waals surface area contributed by atoms with Crippen molar-refractivity contribution >= 4 is 5.69 Å². The van der Waals surface area contributed by atoms with Crippen LogP contribution in [0.3, 0.4) is 0 Å². The Morgan fingerprint density at radius 2 is 1.83 bits per heavy atom. The maximum atomic E-state index is 3.95. The molecule has 1 spiro atoms. The summed E-state index contributed by atoms with van der Waals surface area (Å²) in [6.07, 6.45) is 9.72. The largest absolute Gasteiger partial charge is 0.379 e. The Bertz CT molecular complexity index is 427. The van der Waals surface area contributed by atoms with Gasteiger partial charge in [-0.15, -0.1) is 0 Å². The SMILES string of the molecule is Cc1cccc2c1NC1(CCCCCC1)C[C@@H]2C. The molecule has 1 N–H and O–H groups in total. The standard InChI is InChI=1S/C17H25N/c1-13-8-7-9-15-14(2)12-17(18-16(13)15)10-5-3-4-6-11-17/h7-9,14,18H,3-6,10-12H2,1-2H3/t14-/m0/s1. The number of para-hydroxylation sites is 1. The predicted octanol–water partition coefficient (Wildman–Crippen LogP) is 5.01. The van der Waals surface area contributed by atoms with Gasteiger partial charge >= 0.3 is 0 Å². The fourth-order valence-corrected chi connectivity index (χ4v) is 4.02. The molecule has 0 saturated heterocycles. The number of nitrogens with one attached hydrogen (secondary N) is 1. The molecule has 1 heteroatoms. The van der Waals surface area contributed by atoms with Crippen molar-refractivity contribution in [2.75, 3.05) is 5.32 Å². The molecule has 2 aliphatic rings. The molecule has 98 valence electrons. The minimum Gasteiger partial charge on any atom is -0.379 e. The van der Waals surface area contributed by atoms with Crippen molar-refractivity contribution in [2.24, 2.45) is 0 Å². The molecule has 1 aliphatic carbocycles. The first-order valence-electron chi connectivity index (χ1n) is 7.58. The van der Waals surface area contributed by atoms with E-state index in [1.54, 1.807) is 0 Å². The van der Waals surface area contributed by atoms with Crippen LogP contribution in [0.5, 0.6) is 0 Å². The van der Waals surface area contributed by atoms with Crippen LogP contribution in [-0.4, -0.2) is 5.54 Å². The summed E-state index contributed by atoms with van der Waals surface area (Å²) in [5, 5.41) is 3.95. The van der Waals surface area contributed by atoms with Crippen molar-refractivity contribution in [3.8, 4) is 0 Å². The minimum absolute atomic E-state index is 0.398. The highest BCUT2D eigenvalue weighted by molar-refractivity contribution is 5.62. The highest BCUT2D eigenvalue weighted by Gasteiger charge is 2.37. The summed E-state index contributed by atoms with van der Waals surface area (Å²) in [4.78, 5) is 0. The van der Waals surface area contributed by atoms with E-state index in [-0.39, 0.29) is 0 Å². The fraction of sp³-hybridized carbons (Fsp3) is 0.647. The second kappa shape index (κ2) is 4.60. The molecule has 1 aliphatic heterocycles. The second-order valence-corrected chi connectivity index (χ2v) is 6.46. The number of aryl methyl sites for hydroxylation is 1. The molecule has 0 unspecified atom stereocenters. The van der Waals surface area contributed by atoms with E-state index in [0.717, 1.165) is 0 Å². The summed E-state index contributed by atoms with van der Waals surface area (Å²) < 4.78 is 0. The second-order valence-electron chi connectivity index (χ2n) is 6.46. The highest BCUT2D eigenvalue weighted by atomic mass is 15.0. The summed E-state index contributed by atoms with van der Waals surface area (Å²) in [6.45, 7) is 4.65. The van der Waals surface area contributed by atoms with Gasteiger partial charge in [0.25, 0.3) is 0 Å². The van der Waals surface area contributed by atoms with E-state index in [1.165, 1.54) is 61.8 Å². The minimum atomic E-state index is 0.398. The first kappa shape index (κ1) is 12.1. The molecule has 0 bridgehead atoms. The Morgan fingerprint density at radius 1 is 1.11 bits per heavy atom. The lowest BCUT2D eigenvalue weighted by molar-refractivity contribution is 0.344. The summed E-state index contributed by atoms with van der Waals surface area (Å²) in [5.74, 6) is 0.708. The third-order valence-corrected chi connectivity index (χ3v) is 4.98. The maximum absolute atomic E-state index is 3.95. The van der Waals surface area contributed by atoms with Gasteiger partial charge in [0, 0.05) is 11.2 Å². The summed E-state index contributed by atoms with van der Waals surface area (Å²) in [5.41, 5.74) is 4.79. The van der Waals surface area contributed by atoms with Crippen molar-refractivity contribution < 1.29 is 0 Å². The molecule has 0 aromatic heterocycles. The van der Waals surface area contributed by atoms with Crippen LogP contribution in [0.4, 0.5) is 5.69 Å². The van der Waals surface area contributed by atoms with Crippen molar-refractivity contribution in [3.63, 3.8) is 0 Å². The quantitative estimate of drug-likeness (QED) is 0.675. The molecule has 3 rings (SSSR count). The Balaban J connectivity index is 1.96. The van der Waals surface area contributed by atoms with Gasteiger partial charge in [0.1, 0.15) is 0 Å². The molecule has 1 aromatic carbocycles.